The van der Waals surface area contributed by atoms with E-state index < -0.39 is 0 Å². The minimum absolute atomic E-state index is 0.157. The molecule has 9 nitrogen and oxygen atoms in total. The molecule has 162 valence electrons. The molecule has 1 N–H and O–H groups in total. The molecule has 1 aliphatic heterocycles. The summed E-state index contributed by atoms with van der Waals surface area (Å²) < 4.78 is 19.8. The average Bonchev–Trinajstić information content (AvgIpc) is 3.57. The Bertz CT molecular complexity index is 1260. The van der Waals surface area contributed by atoms with Gasteiger partial charge < -0.3 is 19.5 Å². The molecule has 2 aromatic heterocycles. The predicted octanol–water partition coefficient (Wildman–Crippen LogP) is 3.53. The van der Waals surface area contributed by atoms with E-state index in [0.29, 0.717) is 33.9 Å². The SMILES string of the molecule is COc1cccc(NC(=O)CSc2nnc(-c3ccc4c(c3)OCO4)n2-n2cccc2)c1. The van der Waals surface area contributed by atoms with Gasteiger partial charge in [0, 0.05) is 29.7 Å². The Balaban J connectivity index is 1.38. The van der Waals surface area contributed by atoms with E-state index in [4.69, 9.17) is 14.2 Å². The number of anilines is 1. The van der Waals surface area contributed by atoms with Gasteiger partial charge >= 0.3 is 0 Å². The summed E-state index contributed by atoms with van der Waals surface area (Å²) in [5.74, 6) is 2.67. The van der Waals surface area contributed by atoms with Gasteiger partial charge in [-0.15, -0.1) is 10.2 Å². The highest BCUT2D eigenvalue weighted by molar-refractivity contribution is 7.99. The predicted molar refractivity (Wildman–Crippen MR) is 119 cm³/mol. The molecular formula is C22H19N5O4S. The lowest BCUT2D eigenvalue weighted by Crippen LogP contribution is -2.15. The third-order valence-corrected chi connectivity index (χ3v) is 5.67. The topological polar surface area (TPSA) is 92.4 Å². The van der Waals surface area contributed by atoms with Crippen LogP contribution in [0.15, 0.2) is 72.1 Å². The van der Waals surface area contributed by atoms with Crippen molar-refractivity contribution in [2.24, 2.45) is 0 Å². The quantitative estimate of drug-likeness (QED) is 0.432. The first-order valence-corrected chi connectivity index (χ1v) is 10.8. The van der Waals surface area contributed by atoms with Gasteiger partial charge in [-0.2, -0.15) is 0 Å². The summed E-state index contributed by atoms with van der Waals surface area (Å²) in [5, 5.41) is 12.2. The van der Waals surface area contributed by atoms with Crippen LogP contribution >= 0.6 is 11.8 Å². The van der Waals surface area contributed by atoms with Gasteiger partial charge in [0.1, 0.15) is 5.75 Å². The number of aromatic nitrogens is 4. The molecule has 0 saturated carbocycles. The van der Waals surface area contributed by atoms with Crippen molar-refractivity contribution in [1.29, 1.82) is 0 Å². The number of nitrogens with zero attached hydrogens (tertiary/aromatic N) is 4. The summed E-state index contributed by atoms with van der Waals surface area (Å²) in [7, 11) is 1.59. The van der Waals surface area contributed by atoms with Crippen molar-refractivity contribution in [1.82, 2.24) is 19.5 Å². The molecule has 3 heterocycles. The maximum Gasteiger partial charge on any atom is 0.234 e. The van der Waals surface area contributed by atoms with Gasteiger partial charge in [0.05, 0.1) is 12.9 Å². The fourth-order valence-electron chi connectivity index (χ4n) is 3.27. The summed E-state index contributed by atoms with van der Waals surface area (Å²) >= 11 is 1.29. The van der Waals surface area contributed by atoms with Gasteiger partial charge in [0.2, 0.25) is 17.9 Å². The highest BCUT2D eigenvalue weighted by atomic mass is 32.2. The van der Waals surface area contributed by atoms with Crippen LogP contribution in [-0.2, 0) is 4.79 Å². The Hall–Kier alpha value is -3.92. The average molecular weight is 449 g/mol. The second-order valence-electron chi connectivity index (χ2n) is 6.82. The molecule has 0 fully saturated rings. The highest BCUT2D eigenvalue weighted by Crippen LogP contribution is 2.36. The van der Waals surface area contributed by atoms with Crippen molar-refractivity contribution in [3.63, 3.8) is 0 Å². The second kappa shape index (κ2) is 8.67. The first kappa shape index (κ1) is 20.0. The molecule has 10 heteroatoms. The van der Waals surface area contributed by atoms with Gasteiger partial charge in [0.25, 0.3) is 0 Å². The molecule has 0 spiro atoms. The van der Waals surface area contributed by atoms with Crippen LogP contribution in [0, 0.1) is 0 Å². The van der Waals surface area contributed by atoms with Crippen LogP contribution < -0.4 is 19.5 Å². The molecular weight excluding hydrogens is 430 g/mol. The van der Waals surface area contributed by atoms with Crippen LogP contribution in [0.1, 0.15) is 0 Å². The van der Waals surface area contributed by atoms with E-state index in [1.807, 2.05) is 70.3 Å². The van der Waals surface area contributed by atoms with E-state index in [1.165, 1.54) is 11.8 Å². The molecule has 4 aromatic rings. The molecule has 0 bridgehead atoms. The smallest absolute Gasteiger partial charge is 0.234 e. The number of ether oxygens (including phenoxy) is 3. The number of carbonyl (C=O) groups is 1. The molecule has 0 unspecified atom stereocenters. The molecule has 1 aliphatic rings. The van der Waals surface area contributed by atoms with Crippen molar-refractivity contribution in [2.45, 2.75) is 5.16 Å². The molecule has 1 amide bonds. The third kappa shape index (κ3) is 4.00. The summed E-state index contributed by atoms with van der Waals surface area (Å²) in [5.41, 5.74) is 1.49. The Morgan fingerprint density at radius 3 is 2.78 bits per heavy atom. The molecule has 0 saturated heterocycles. The van der Waals surface area contributed by atoms with Gasteiger partial charge in [-0.1, -0.05) is 17.8 Å². The number of fused-ring (bicyclic) bond motifs is 1. The Kier molecular flexibility index (Phi) is 5.42. The summed E-state index contributed by atoms with van der Waals surface area (Å²) in [6.07, 6.45) is 3.78. The first-order valence-electron chi connectivity index (χ1n) is 9.77. The van der Waals surface area contributed by atoms with E-state index in [-0.39, 0.29) is 18.5 Å². The lowest BCUT2D eigenvalue weighted by Gasteiger charge is -2.12. The molecule has 32 heavy (non-hydrogen) atoms. The Morgan fingerprint density at radius 2 is 1.94 bits per heavy atom. The number of hydrogen-bond acceptors (Lipinski definition) is 7. The van der Waals surface area contributed by atoms with Gasteiger partial charge in [0.15, 0.2) is 17.3 Å². The minimum atomic E-state index is -0.157. The molecule has 5 rings (SSSR count). The van der Waals surface area contributed by atoms with Crippen LogP contribution in [0.3, 0.4) is 0 Å². The molecule has 2 aromatic carbocycles. The maximum absolute atomic E-state index is 12.5. The second-order valence-corrected chi connectivity index (χ2v) is 7.76. The number of carbonyl (C=O) groups excluding carboxylic acids is 1. The zero-order valence-corrected chi connectivity index (χ0v) is 17.9. The number of thioether (sulfide) groups is 1. The van der Waals surface area contributed by atoms with Crippen molar-refractivity contribution in [2.75, 3.05) is 25.0 Å². The van der Waals surface area contributed by atoms with Crippen molar-refractivity contribution >= 4 is 23.4 Å². The fourth-order valence-corrected chi connectivity index (χ4v) is 4.00. The standard InChI is InChI=1S/C22H19N5O4S/c1-29-17-6-4-5-16(12-17)23-20(28)13-32-22-25-24-21(27(22)26-9-2-3-10-26)15-7-8-18-19(11-15)31-14-30-18/h2-12H,13-14H2,1H3,(H,23,28). The summed E-state index contributed by atoms with van der Waals surface area (Å²) in [6.45, 7) is 0.201. The van der Waals surface area contributed by atoms with Crippen LogP contribution in [-0.4, -0.2) is 45.1 Å². The van der Waals surface area contributed by atoms with Crippen LogP contribution in [0.4, 0.5) is 5.69 Å². The number of amides is 1. The van der Waals surface area contributed by atoms with Crippen LogP contribution in [0.5, 0.6) is 17.2 Å². The van der Waals surface area contributed by atoms with Crippen LogP contribution in [0.2, 0.25) is 0 Å². The molecule has 0 radical (unpaired) electrons. The number of hydrogen-bond donors (Lipinski definition) is 1. The Labute approximate surface area is 187 Å². The number of benzene rings is 2. The number of rotatable bonds is 7. The maximum atomic E-state index is 12.5. The number of nitrogens with one attached hydrogen (secondary N) is 1. The molecule has 0 aliphatic carbocycles. The van der Waals surface area contributed by atoms with Gasteiger partial charge in [-0.3, -0.25) is 9.47 Å². The largest absolute Gasteiger partial charge is 0.497 e. The van der Waals surface area contributed by atoms with Crippen LogP contribution in [0.25, 0.3) is 11.4 Å². The Morgan fingerprint density at radius 1 is 1.09 bits per heavy atom. The van der Waals surface area contributed by atoms with Gasteiger partial charge in [-0.25, -0.2) is 4.68 Å². The summed E-state index contributed by atoms with van der Waals surface area (Å²) in [6, 6.07) is 16.7. The van der Waals surface area contributed by atoms with Crippen molar-refractivity contribution < 1.29 is 19.0 Å². The first-order chi connectivity index (χ1) is 15.7. The fraction of sp³-hybridized carbons (Fsp3) is 0.136. The van der Waals surface area contributed by atoms with E-state index in [9.17, 15) is 4.79 Å². The molecule has 0 atom stereocenters. The zero-order chi connectivity index (χ0) is 21.9. The zero-order valence-electron chi connectivity index (χ0n) is 17.1. The lowest BCUT2D eigenvalue weighted by molar-refractivity contribution is -0.113. The van der Waals surface area contributed by atoms with Gasteiger partial charge in [-0.05, 0) is 42.5 Å². The highest BCUT2D eigenvalue weighted by Gasteiger charge is 2.20. The van der Waals surface area contributed by atoms with E-state index in [0.717, 1.165) is 5.56 Å². The van der Waals surface area contributed by atoms with E-state index >= 15 is 0 Å². The normalized spacial score (nSPS) is 12.0. The monoisotopic (exact) mass is 449 g/mol. The number of methoxy groups -OCH3 is 1. The van der Waals surface area contributed by atoms with E-state index in [2.05, 4.69) is 15.5 Å². The van der Waals surface area contributed by atoms with Crippen molar-refractivity contribution in [3.05, 3.63) is 67.0 Å². The minimum Gasteiger partial charge on any atom is -0.497 e. The lowest BCUT2D eigenvalue weighted by atomic mass is 10.2. The third-order valence-electron chi connectivity index (χ3n) is 4.75. The van der Waals surface area contributed by atoms with Crippen molar-refractivity contribution in [3.8, 4) is 28.6 Å². The van der Waals surface area contributed by atoms with E-state index in [1.54, 1.807) is 13.2 Å². The summed E-state index contributed by atoms with van der Waals surface area (Å²) in [4.78, 5) is 12.5.